The monoisotopic (exact) mass is 237 g/mol. The summed E-state index contributed by atoms with van der Waals surface area (Å²) < 4.78 is 5.74. The first-order valence-electron chi connectivity index (χ1n) is 7.69. The van der Waals surface area contributed by atoms with Gasteiger partial charge in [-0.05, 0) is 63.3 Å². The van der Waals surface area contributed by atoms with Gasteiger partial charge in [0.15, 0.2) is 0 Å². The molecular weight excluding hydrogens is 210 g/mol. The molecule has 1 heterocycles. The van der Waals surface area contributed by atoms with E-state index in [9.17, 15) is 0 Å². The van der Waals surface area contributed by atoms with Gasteiger partial charge in [-0.15, -0.1) is 0 Å². The minimum absolute atomic E-state index is 0.576. The lowest BCUT2D eigenvalue weighted by atomic mass is 10.0. The third-order valence-electron chi connectivity index (χ3n) is 5.38. The lowest BCUT2D eigenvalue weighted by Gasteiger charge is -2.18. The van der Waals surface area contributed by atoms with Crippen molar-refractivity contribution in [2.24, 2.45) is 17.8 Å². The summed E-state index contributed by atoms with van der Waals surface area (Å²) >= 11 is 0. The maximum atomic E-state index is 5.74. The van der Waals surface area contributed by atoms with Gasteiger partial charge >= 0.3 is 0 Å². The fourth-order valence-electron chi connectivity index (χ4n) is 4.41. The molecule has 3 aliphatic rings. The fraction of sp³-hybridized carbons (Fsp3) is 1.00. The van der Waals surface area contributed by atoms with Gasteiger partial charge in [-0.3, -0.25) is 0 Å². The third kappa shape index (κ3) is 2.53. The summed E-state index contributed by atoms with van der Waals surface area (Å²) in [4.78, 5) is 0. The Kier molecular flexibility index (Phi) is 3.72. The van der Waals surface area contributed by atoms with Crippen LogP contribution in [0.2, 0.25) is 0 Å². The molecule has 0 amide bonds. The van der Waals surface area contributed by atoms with Gasteiger partial charge in [-0.25, -0.2) is 0 Å². The van der Waals surface area contributed by atoms with Crippen molar-refractivity contribution in [3.63, 3.8) is 0 Å². The number of hydrogen-bond acceptors (Lipinski definition) is 2. The molecule has 3 fully saturated rings. The highest BCUT2D eigenvalue weighted by molar-refractivity contribution is 5.04. The predicted octanol–water partition coefficient (Wildman–Crippen LogP) is 2.97. The third-order valence-corrected chi connectivity index (χ3v) is 5.38. The van der Waals surface area contributed by atoms with Crippen molar-refractivity contribution in [3.8, 4) is 0 Å². The molecule has 1 N–H and O–H groups in total. The summed E-state index contributed by atoms with van der Waals surface area (Å²) in [5.41, 5.74) is 0. The number of nitrogens with one attached hydrogen (secondary N) is 1. The predicted molar refractivity (Wildman–Crippen MR) is 70.0 cm³/mol. The lowest BCUT2D eigenvalue weighted by Crippen LogP contribution is -2.30. The van der Waals surface area contributed by atoms with Gasteiger partial charge in [-0.2, -0.15) is 0 Å². The van der Waals surface area contributed by atoms with Gasteiger partial charge in [-0.1, -0.05) is 12.8 Å². The van der Waals surface area contributed by atoms with Crippen LogP contribution < -0.4 is 5.32 Å². The molecule has 0 aromatic carbocycles. The highest BCUT2D eigenvalue weighted by Gasteiger charge is 2.53. The Morgan fingerprint density at radius 3 is 2.47 bits per heavy atom. The molecule has 3 rings (SSSR count). The summed E-state index contributed by atoms with van der Waals surface area (Å²) in [6, 6.07) is 0.771. The van der Waals surface area contributed by atoms with Crippen LogP contribution in [0.25, 0.3) is 0 Å². The normalized spacial score (nSPS) is 42.2. The summed E-state index contributed by atoms with van der Waals surface area (Å²) in [6.45, 7) is 1.00. The van der Waals surface area contributed by atoms with Gasteiger partial charge in [0.25, 0.3) is 0 Å². The Labute approximate surface area is 105 Å². The van der Waals surface area contributed by atoms with E-state index in [1.54, 1.807) is 0 Å². The van der Waals surface area contributed by atoms with E-state index in [0.29, 0.717) is 6.10 Å². The van der Waals surface area contributed by atoms with Gasteiger partial charge in [0, 0.05) is 12.6 Å². The first kappa shape index (κ1) is 12.0. The average Bonchev–Trinajstić information content (AvgIpc) is 2.84. The molecule has 0 spiro atoms. The zero-order valence-corrected chi connectivity index (χ0v) is 11.2. The largest absolute Gasteiger partial charge is 0.378 e. The molecule has 98 valence electrons. The quantitative estimate of drug-likeness (QED) is 0.793. The van der Waals surface area contributed by atoms with E-state index in [2.05, 4.69) is 12.4 Å². The minimum atomic E-state index is 0.576. The van der Waals surface area contributed by atoms with Gasteiger partial charge in [0.1, 0.15) is 0 Å². The molecule has 1 saturated heterocycles. The van der Waals surface area contributed by atoms with E-state index in [1.165, 1.54) is 51.4 Å². The molecule has 0 bridgehead atoms. The average molecular weight is 237 g/mol. The second-order valence-electron chi connectivity index (χ2n) is 6.30. The number of fused-ring (bicyclic) bond motifs is 1. The van der Waals surface area contributed by atoms with E-state index in [-0.39, 0.29) is 0 Å². The highest BCUT2D eigenvalue weighted by atomic mass is 16.5. The van der Waals surface area contributed by atoms with Crippen molar-refractivity contribution in [2.75, 3.05) is 13.7 Å². The summed E-state index contributed by atoms with van der Waals surface area (Å²) in [5.74, 6) is 3.15. The molecule has 0 aromatic rings. The van der Waals surface area contributed by atoms with Crippen LogP contribution in [0.3, 0.4) is 0 Å². The fourth-order valence-corrected chi connectivity index (χ4v) is 4.41. The van der Waals surface area contributed by atoms with E-state index in [0.717, 1.165) is 30.4 Å². The van der Waals surface area contributed by atoms with Crippen molar-refractivity contribution in [1.29, 1.82) is 0 Å². The van der Waals surface area contributed by atoms with Crippen molar-refractivity contribution in [2.45, 2.75) is 63.5 Å². The Morgan fingerprint density at radius 2 is 1.88 bits per heavy atom. The maximum absolute atomic E-state index is 5.74. The van der Waals surface area contributed by atoms with Gasteiger partial charge in [0.05, 0.1) is 6.10 Å². The second kappa shape index (κ2) is 5.27. The molecule has 17 heavy (non-hydrogen) atoms. The molecule has 4 unspecified atom stereocenters. The van der Waals surface area contributed by atoms with Crippen molar-refractivity contribution < 1.29 is 4.74 Å². The first-order valence-corrected chi connectivity index (χ1v) is 7.69. The summed E-state index contributed by atoms with van der Waals surface area (Å²) in [7, 11) is 2.16. The number of hydrogen-bond donors (Lipinski definition) is 1. The molecule has 2 nitrogen and oxygen atoms in total. The lowest BCUT2D eigenvalue weighted by molar-refractivity contribution is 0.0987. The Hall–Kier alpha value is -0.0800. The Balaban J connectivity index is 1.46. The number of ether oxygens (including phenoxy) is 1. The molecule has 2 saturated carbocycles. The highest BCUT2D eigenvalue weighted by Crippen LogP contribution is 2.57. The van der Waals surface area contributed by atoms with Crippen molar-refractivity contribution >= 4 is 0 Å². The van der Waals surface area contributed by atoms with E-state index >= 15 is 0 Å². The van der Waals surface area contributed by atoms with Crippen LogP contribution in [0.4, 0.5) is 0 Å². The number of rotatable bonds is 5. The summed E-state index contributed by atoms with van der Waals surface area (Å²) in [5, 5.41) is 3.59. The minimum Gasteiger partial charge on any atom is -0.378 e. The molecule has 0 radical (unpaired) electrons. The van der Waals surface area contributed by atoms with Crippen LogP contribution in [0.1, 0.15) is 51.4 Å². The van der Waals surface area contributed by atoms with Gasteiger partial charge in [0.2, 0.25) is 0 Å². The van der Waals surface area contributed by atoms with E-state index < -0.39 is 0 Å². The van der Waals surface area contributed by atoms with Crippen LogP contribution in [0.5, 0.6) is 0 Å². The van der Waals surface area contributed by atoms with Gasteiger partial charge < -0.3 is 10.1 Å². The van der Waals surface area contributed by atoms with Crippen LogP contribution in [-0.4, -0.2) is 25.8 Å². The molecule has 4 atom stereocenters. The Bertz CT molecular complexity index is 237. The first-order chi connectivity index (χ1) is 8.40. The zero-order valence-electron chi connectivity index (χ0n) is 11.2. The Morgan fingerprint density at radius 1 is 1.12 bits per heavy atom. The van der Waals surface area contributed by atoms with Crippen LogP contribution in [0.15, 0.2) is 0 Å². The van der Waals surface area contributed by atoms with Crippen molar-refractivity contribution in [3.05, 3.63) is 0 Å². The van der Waals surface area contributed by atoms with E-state index in [1.807, 2.05) is 0 Å². The molecule has 2 heteroatoms. The SMILES string of the molecule is CNC(CCC1CCCO1)C1C2CCCCC21. The van der Waals surface area contributed by atoms with Crippen molar-refractivity contribution in [1.82, 2.24) is 5.32 Å². The molecule has 0 aromatic heterocycles. The van der Waals surface area contributed by atoms with E-state index in [4.69, 9.17) is 4.74 Å². The molecular formula is C15H27NO. The van der Waals surface area contributed by atoms with Crippen LogP contribution in [0, 0.1) is 17.8 Å². The van der Waals surface area contributed by atoms with Crippen LogP contribution >= 0.6 is 0 Å². The molecule has 1 aliphatic heterocycles. The van der Waals surface area contributed by atoms with Crippen LogP contribution in [-0.2, 0) is 4.74 Å². The standard InChI is InChI=1S/C15H27NO/c1-16-14(9-8-11-5-4-10-17-11)15-12-6-2-3-7-13(12)15/h11-16H,2-10H2,1H3. The molecule has 2 aliphatic carbocycles. The summed E-state index contributed by atoms with van der Waals surface area (Å²) in [6.07, 6.45) is 11.8. The second-order valence-corrected chi connectivity index (χ2v) is 6.30. The maximum Gasteiger partial charge on any atom is 0.0576 e. The smallest absolute Gasteiger partial charge is 0.0576 e. The zero-order chi connectivity index (χ0) is 11.7. The topological polar surface area (TPSA) is 21.3 Å².